The summed E-state index contributed by atoms with van der Waals surface area (Å²) in [6.45, 7) is 2.88. The number of ether oxygens (including phenoxy) is 3. The van der Waals surface area contributed by atoms with Crippen molar-refractivity contribution in [1.82, 2.24) is 0 Å². The Balaban J connectivity index is 1.62. The van der Waals surface area contributed by atoms with E-state index in [0.29, 0.717) is 24.8 Å². The van der Waals surface area contributed by atoms with E-state index in [1.807, 2.05) is 0 Å². The van der Waals surface area contributed by atoms with Crippen LogP contribution in [0.2, 0.25) is 0 Å². The van der Waals surface area contributed by atoms with Gasteiger partial charge in [0.1, 0.15) is 31.0 Å². The van der Waals surface area contributed by atoms with E-state index >= 15 is 0 Å². The average Bonchev–Trinajstić information content (AvgIpc) is 2.81. The number of aromatic hydroxyl groups is 3. The van der Waals surface area contributed by atoms with Crippen molar-refractivity contribution < 1.29 is 59.5 Å². The van der Waals surface area contributed by atoms with Gasteiger partial charge in [-0.25, -0.2) is 9.59 Å². The third-order valence-corrected chi connectivity index (χ3v) is 6.25. The van der Waals surface area contributed by atoms with Crippen molar-refractivity contribution >= 4 is 11.9 Å². The van der Waals surface area contributed by atoms with E-state index in [1.54, 1.807) is 19.9 Å². The molecule has 7 N–H and O–H groups in total. The lowest BCUT2D eigenvalue weighted by molar-refractivity contribution is -0.286. The molecule has 0 amide bonds. The number of carbonyl (C=O) groups is 2. The highest BCUT2D eigenvalue weighted by molar-refractivity contribution is 5.91. The molecular weight excluding hydrogens is 468 g/mol. The van der Waals surface area contributed by atoms with Crippen molar-refractivity contribution in [3.8, 4) is 17.2 Å². The van der Waals surface area contributed by atoms with Crippen LogP contribution in [0.15, 0.2) is 23.8 Å². The molecule has 2 aliphatic rings. The molecule has 0 radical (unpaired) electrons. The molecule has 1 heterocycles. The van der Waals surface area contributed by atoms with Gasteiger partial charge in [0.2, 0.25) is 6.29 Å². The van der Waals surface area contributed by atoms with Crippen LogP contribution < -0.4 is 0 Å². The van der Waals surface area contributed by atoms with E-state index in [-0.39, 0.29) is 5.92 Å². The number of esters is 2. The summed E-state index contributed by atoms with van der Waals surface area (Å²) in [5.41, 5.74) is -0.885. The van der Waals surface area contributed by atoms with E-state index < -0.39 is 77.7 Å². The highest BCUT2D eigenvalue weighted by Crippen LogP contribution is 2.36. The monoisotopic (exact) mass is 498 g/mol. The summed E-state index contributed by atoms with van der Waals surface area (Å²) in [4.78, 5) is 24.8. The third-order valence-electron chi connectivity index (χ3n) is 6.25. The molecule has 1 aromatic rings. The molecule has 0 spiro atoms. The number of aliphatic hydroxyl groups is 4. The minimum atomic E-state index is -1.86. The molecule has 35 heavy (non-hydrogen) atoms. The number of carbonyl (C=O) groups excluding carboxylic acids is 2. The van der Waals surface area contributed by atoms with Gasteiger partial charge in [0.05, 0.1) is 11.2 Å². The van der Waals surface area contributed by atoms with Gasteiger partial charge >= 0.3 is 11.9 Å². The zero-order valence-electron chi connectivity index (χ0n) is 19.2. The summed E-state index contributed by atoms with van der Waals surface area (Å²) in [6.07, 6.45) is -5.36. The Kier molecular flexibility index (Phi) is 7.92. The third kappa shape index (κ3) is 6.03. The fraction of sp³-hybridized carbons (Fsp3) is 0.565. The number of phenols is 3. The van der Waals surface area contributed by atoms with Crippen LogP contribution in [0.25, 0.3) is 0 Å². The van der Waals surface area contributed by atoms with Gasteiger partial charge in [0.15, 0.2) is 17.2 Å². The standard InChI is InChI=1S/C23H30O12/c1-23(2,32)12-5-3-10(4-6-12)20(30)33-9-15-17(27)18(28)19(29)22(34-15)35-21(31)11-7-13(24)16(26)14(25)8-11/h3,7-8,12,15,17-19,22,24-29,32H,4-6,9H2,1-2H3/t12?,15-,17-,18+,19-,22+/m1/s1. The predicted octanol–water partition coefficient (Wildman–Crippen LogP) is -0.192. The molecule has 1 aromatic carbocycles. The number of phenolic OH excluding ortho intramolecular Hbond substituents is 3. The van der Waals surface area contributed by atoms with Crippen LogP contribution in [0.1, 0.15) is 43.5 Å². The normalized spacial score (nSPS) is 29.3. The van der Waals surface area contributed by atoms with Gasteiger partial charge in [0.25, 0.3) is 0 Å². The van der Waals surface area contributed by atoms with E-state index in [4.69, 9.17) is 14.2 Å². The first kappa shape index (κ1) is 26.7. The van der Waals surface area contributed by atoms with Crippen LogP contribution in [0, 0.1) is 5.92 Å². The lowest BCUT2D eigenvalue weighted by Gasteiger charge is -2.39. The first-order chi connectivity index (χ1) is 16.3. The van der Waals surface area contributed by atoms with Crippen LogP contribution in [0.3, 0.4) is 0 Å². The number of hydrogen-bond acceptors (Lipinski definition) is 12. The molecule has 0 saturated carbocycles. The van der Waals surface area contributed by atoms with Gasteiger partial charge in [-0.2, -0.15) is 0 Å². The summed E-state index contributed by atoms with van der Waals surface area (Å²) in [5, 5.41) is 69.1. The van der Waals surface area contributed by atoms with Crippen LogP contribution in [0.4, 0.5) is 0 Å². The summed E-state index contributed by atoms with van der Waals surface area (Å²) >= 11 is 0. The molecule has 3 rings (SSSR count). The molecule has 194 valence electrons. The average molecular weight is 498 g/mol. The zero-order valence-corrected chi connectivity index (χ0v) is 19.2. The Morgan fingerprint density at radius 2 is 1.66 bits per heavy atom. The molecule has 0 bridgehead atoms. The van der Waals surface area contributed by atoms with E-state index in [0.717, 1.165) is 12.1 Å². The van der Waals surface area contributed by atoms with Crippen LogP contribution >= 0.6 is 0 Å². The Hall–Kier alpha value is -2.90. The van der Waals surface area contributed by atoms with Crippen molar-refractivity contribution in [2.45, 2.75) is 69.4 Å². The summed E-state index contributed by atoms with van der Waals surface area (Å²) in [5.74, 6) is -4.31. The van der Waals surface area contributed by atoms with E-state index in [2.05, 4.69) is 0 Å². The second-order valence-electron chi connectivity index (χ2n) is 9.24. The van der Waals surface area contributed by atoms with Crippen LogP contribution in [-0.2, 0) is 19.0 Å². The van der Waals surface area contributed by atoms with Gasteiger partial charge < -0.3 is 50.0 Å². The van der Waals surface area contributed by atoms with Crippen LogP contribution in [0.5, 0.6) is 17.2 Å². The molecule has 1 unspecified atom stereocenters. The number of aliphatic hydroxyl groups excluding tert-OH is 3. The molecule has 12 heteroatoms. The molecular formula is C23H30O12. The summed E-state index contributed by atoms with van der Waals surface area (Å²) in [7, 11) is 0. The second-order valence-corrected chi connectivity index (χ2v) is 9.24. The van der Waals surface area contributed by atoms with E-state index in [1.165, 1.54) is 0 Å². The molecule has 1 aliphatic heterocycles. The Morgan fingerprint density at radius 3 is 2.20 bits per heavy atom. The molecule has 12 nitrogen and oxygen atoms in total. The van der Waals surface area contributed by atoms with Crippen molar-refractivity contribution in [2.24, 2.45) is 5.92 Å². The summed E-state index contributed by atoms with van der Waals surface area (Å²) < 4.78 is 15.5. The highest BCUT2D eigenvalue weighted by atomic mass is 16.7. The van der Waals surface area contributed by atoms with Gasteiger partial charge in [0, 0.05) is 5.57 Å². The smallest absolute Gasteiger partial charge is 0.340 e. The van der Waals surface area contributed by atoms with Gasteiger partial charge in [-0.05, 0) is 51.2 Å². The van der Waals surface area contributed by atoms with Gasteiger partial charge in [-0.1, -0.05) is 6.08 Å². The van der Waals surface area contributed by atoms with E-state index in [9.17, 15) is 45.3 Å². The number of allylic oxidation sites excluding steroid dienone is 1. The quantitative estimate of drug-likeness (QED) is 0.201. The lowest BCUT2D eigenvalue weighted by atomic mass is 9.79. The fourth-order valence-corrected chi connectivity index (χ4v) is 3.96. The Bertz CT molecular complexity index is 958. The minimum absolute atomic E-state index is 0.00737. The maximum atomic E-state index is 12.4. The maximum absolute atomic E-state index is 12.4. The molecule has 6 atom stereocenters. The predicted molar refractivity (Wildman–Crippen MR) is 116 cm³/mol. The molecule has 1 saturated heterocycles. The summed E-state index contributed by atoms with van der Waals surface area (Å²) in [6, 6.07) is 1.61. The van der Waals surface area contributed by atoms with Gasteiger partial charge in [-0.15, -0.1) is 0 Å². The Labute approximate surface area is 200 Å². The minimum Gasteiger partial charge on any atom is -0.504 e. The first-order valence-corrected chi connectivity index (χ1v) is 11.0. The SMILES string of the molecule is CC(C)(O)C1CC=C(C(=O)OC[C@H]2O[C@@H](OC(=O)c3cc(O)c(O)c(O)c3)[C@H](O)[C@@H](O)[C@@H]2O)CC1. The molecule has 1 fully saturated rings. The van der Waals surface area contributed by atoms with Crippen molar-refractivity contribution in [3.05, 3.63) is 29.3 Å². The fourth-order valence-electron chi connectivity index (χ4n) is 3.96. The number of benzene rings is 1. The number of hydrogen-bond donors (Lipinski definition) is 7. The maximum Gasteiger partial charge on any atom is 0.340 e. The largest absolute Gasteiger partial charge is 0.504 e. The van der Waals surface area contributed by atoms with Gasteiger partial charge in [-0.3, -0.25) is 0 Å². The second kappa shape index (κ2) is 10.4. The lowest BCUT2D eigenvalue weighted by Crippen LogP contribution is -2.59. The zero-order chi connectivity index (χ0) is 26.1. The molecule has 1 aliphatic carbocycles. The highest BCUT2D eigenvalue weighted by Gasteiger charge is 2.46. The van der Waals surface area contributed by atoms with Crippen molar-refractivity contribution in [2.75, 3.05) is 6.61 Å². The number of rotatable bonds is 6. The first-order valence-electron chi connectivity index (χ1n) is 11.0. The Morgan fingerprint density at radius 1 is 1.03 bits per heavy atom. The molecule has 0 aromatic heterocycles. The van der Waals surface area contributed by atoms with Crippen molar-refractivity contribution in [3.63, 3.8) is 0 Å². The van der Waals surface area contributed by atoms with Crippen molar-refractivity contribution in [1.29, 1.82) is 0 Å². The van der Waals surface area contributed by atoms with Crippen LogP contribution in [-0.4, -0.2) is 90.6 Å². The topological polar surface area (TPSA) is 203 Å².